The number of fused-ring (bicyclic) bond motifs is 3. The van der Waals surface area contributed by atoms with E-state index in [1.54, 1.807) is 0 Å². The second kappa shape index (κ2) is 16.8. The Labute approximate surface area is 394 Å². The third-order valence-corrected chi connectivity index (χ3v) is 13.0. The number of hydrogen-bond acceptors (Lipinski definition) is 5. The molecular formula is C63H37N5. The van der Waals surface area contributed by atoms with Gasteiger partial charge in [-0.25, -0.2) is 15.0 Å². The minimum Gasteiger partial charge on any atom is -0.208 e. The first-order valence-corrected chi connectivity index (χ1v) is 22.5. The Morgan fingerprint density at radius 3 is 1.35 bits per heavy atom. The quantitative estimate of drug-likeness (QED) is 0.152. The largest absolute Gasteiger partial charge is 0.208 e. The fraction of sp³-hybridized carbons (Fsp3) is 0. The van der Waals surface area contributed by atoms with Crippen LogP contribution in [0.3, 0.4) is 0 Å². The van der Waals surface area contributed by atoms with Crippen molar-refractivity contribution in [2.24, 2.45) is 0 Å². The number of rotatable bonds is 8. The van der Waals surface area contributed by atoms with Gasteiger partial charge in [0.05, 0.1) is 23.3 Å². The average Bonchev–Trinajstić information content (AvgIpc) is 3.75. The molecule has 5 nitrogen and oxygen atoms in total. The summed E-state index contributed by atoms with van der Waals surface area (Å²) in [5, 5.41) is 22.0. The Kier molecular flexibility index (Phi) is 9.87. The zero-order valence-corrected chi connectivity index (χ0v) is 36.6. The van der Waals surface area contributed by atoms with Crippen LogP contribution in [0.25, 0.3) is 123 Å². The lowest BCUT2D eigenvalue weighted by atomic mass is 9.87. The highest BCUT2D eigenvalue weighted by Crippen LogP contribution is 2.49. The van der Waals surface area contributed by atoms with Crippen LogP contribution in [0.1, 0.15) is 11.1 Å². The van der Waals surface area contributed by atoms with E-state index in [0.29, 0.717) is 28.6 Å². The maximum atomic E-state index is 10.2. The van der Waals surface area contributed by atoms with E-state index in [9.17, 15) is 10.5 Å². The molecule has 1 aliphatic carbocycles. The first-order valence-electron chi connectivity index (χ1n) is 22.5. The lowest BCUT2D eigenvalue weighted by Crippen LogP contribution is -2.00. The minimum atomic E-state index is 0.568. The third-order valence-electron chi connectivity index (χ3n) is 13.0. The summed E-state index contributed by atoms with van der Waals surface area (Å²) in [6, 6.07) is 81.8. The van der Waals surface area contributed by atoms with Gasteiger partial charge >= 0.3 is 0 Å². The van der Waals surface area contributed by atoms with Crippen molar-refractivity contribution in [1.82, 2.24) is 15.0 Å². The van der Waals surface area contributed by atoms with Gasteiger partial charge < -0.3 is 0 Å². The average molecular weight is 864 g/mol. The lowest BCUT2D eigenvalue weighted by Gasteiger charge is -2.16. The molecule has 0 N–H and O–H groups in total. The van der Waals surface area contributed by atoms with Crippen LogP contribution in [0.15, 0.2) is 224 Å². The molecule has 0 bridgehead atoms. The molecule has 10 aromatic carbocycles. The molecule has 0 fully saturated rings. The van der Waals surface area contributed by atoms with Crippen LogP contribution < -0.4 is 0 Å². The SMILES string of the molecule is N#Cc1ccc(-c2ccc(-c3nc(-c4ccccc4)nc(-c4ccc(-c5ccccc5-c5cc(C#N)ccc5-c5cccc(-c6cc7c8c(cccc8c6)-c6ccccc6-7)c5)cc4)n3)cc2)cc1. The fourth-order valence-electron chi connectivity index (χ4n) is 9.61. The molecule has 12 rings (SSSR count). The molecule has 0 saturated heterocycles. The second-order valence-corrected chi connectivity index (χ2v) is 17.0. The molecule has 0 unspecified atom stereocenters. The molecule has 68 heavy (non-hydrogen) atoms. The number of nitrogens with zero attached hydrogens (tertiary/aromatic N) is 5. The molecule has 1 heterocycles. The first kappa shape index (κ1) is 40.0. The van der Waals surface area contributed by atoms with E-state index in [-0.39, 0.29) is 0 Å². The Bertz CT molecular complexity index is 3840. The van der Waals surface area contributed by atoms with Crippen LogP contribution in [0, 0.1) is 22.7 Å². The van der Waals surface area contributed by atoms with Gasteiger partial charge in [0.2, 0.25) is 0 Å². The second-order valence-electron chi connectivity index (χ2n) is 17.0. The van der Waals surface area contributed by atoms with Gasteiger partial charge in [0.25, 0.3) is 0 Å². The van der Waals surface area contributed by atoms with Crippen molar-refractivity contribution in [1.29, 1.82) is 10.5 Å². The molecule has 0 aliphatic heterocycles. The van der Waals surface area contributed by atoms with Crippen LogP contribution in [-0.4, -0.2) is 15.0 Å². The molecule has 1 aliphatic rings. The molecule has 0 atom stereocenters. The number of nitriles is 2. The normalized spacial score (nSPS) is 11.2. The van der Waals surface area contributed by atoms with E-state index in [4.69, 9.17) is 15.0 Å². The summed E-state index contributed by atoms with van der Waals surface area (Å²) in [6.07, 6.45) is 0. The van der Waals surface area contributed by atoms with E-state index >= 15 is 0 Å². The number of benzene rings is 10. The molecule has 0 spiro atoms. The van der Waals surface area contributed by atoms with Crippen LogP contribution in [0.5, 0.6) is 0 Å². The van der Waals surface area contributed by atoms with E-state index in [0.717, 1.165) is 72.3 Å². The maximum absolute atomic E-state index is 10.2. The summed E-state index contributed by atoms with van der Waals surface area (Å²) in [6.45, 7) is 0. The minimum absolute atomic E-state index is 0.568. The van der Waals surface area contributed by atoms with Crippen molar-refractivity contribution in [3.05, 3.63) is 236 Å². The van der Waals surface area contributed by atoms with Crippen LogP contribution in [0.4, 0.5) is 0 Å². The Hall–Kier alpha value is -9.55. The summed E-state index contributed by atoms with van der Waals surface area (Å²) >= 11 is 0. The van der Waals surface area contributed by atoms with Gasteiger partial charge in [-0.3, -0.25) is 0 Å². The number of hydrogen-bond donors (Lipinski definition) is 0. The summed E-state index contributed by atoms with van der Waals surface area (Å²) < 4.78 is 0. The van der Waals surface area contributed by atoms with Crippen molar-refractivity contribution in [2.45, 2.75) is 0 Å². The van der Waals surface area contributed by atoms with Crippen LogP contribution in [-0.2, 0) is 0 Å². The van der Waals surface area contributed by atoms with Crippen molar-refractivity contribution >= 4 is 10.8 Å². The third kappa shape index (κ3) is 7.18. The van der Waals surface area contributed by atoms with E-state index in [1.807, 2.05) is 78.9 Å². The summed E-state index contributed by atoms with van der Waals surface area (Å²) in [4.78, 5) is 15.0. The van der Waals surface area contributed by atoms with Crippen LogP contribution >= 0.6 is 0 Å². The molecule has 1 aromatic heterocycles. The van der Waals surface area contributed by atoms with Crippen molar-refractivity contribution in [2.75, 3.05) is 0 Å². The van der Waals surface area contributed by atoms with Gasteiger partial charge in [0, 0.05) is 16.7 Å². The topological polar surface area (TPSA) is 86.2 Å². The predicted octanol–water partition coefficient (Wildman–Crippen LogP) is 15.8. The van der Waals surface area contributed by atoms with Crippen molar-refractivity contribution in [3.63, 3.8) is 0 Å². The van der Waals surface area contributed by atoms with Gasteiger partial charge in [0.1, 0.15) is 0 Å². The smallest absolute Gasteiger partial charge is 0.164 e. The fourth-order valence-corrected chi connectivity index (χ4v) is 9.61. The highest BCUT2D eigenvalue weighted by molar-refractivity contribution is 6.16. The standard InChI is InChI=1S/C63H37N5/c64-38-40-20-23-42(24-21-40)43-25-29-46(30-26-43)62-66-61(45-10-2-1-3-11-45)67-63(68-62)47-31-27-44(28-32-47)52-15-4-5-16-54(52)58-34-41(39-65)22-33-53(58)49-13-8-12-48(35-49)51-36-50-14-9-19-57-55-17-6-7-18-56(55)59(37-51)60(50)57/h1-37H. The number of aromatic nitrogens is 3. The monoisotopic (exact) mass is 863 g/mol. The zero-order valence-electron chi connectivity index (χ0n) is 36.6. The summed E-state index contributed by atoms with van der Waals surface area (Å²) in [7, 11) is 0. The van der Waals surface area contributed by atoms with Gasteiger partial charge in [-0.15, -0.1) is 0 Å². The zero-order chi connectivity index (χ0) is 45.6. The first-order chi connectivity index (χ1) is 33.6. The molecular weight excluding hydrogens is 827 g/mol. The van der Waals surface area contributed by atoms with Crippen molar-refractivity contribution in [3.8, 4) is 124 Å². The highest BCUT2D eigenvalue weighted by Gasteiger charge is 2.22. The molecule has 0 radical (unpaired) electrons. The van der Waals surface area contributed by atoms with E-state index < -0.39 is 0 Å². The van der Waals surface area contributed by atoms with Gasteiger partial charge in [-0.1, -0.05) is 182 Å². The molecule has 0 amide bonds. The highest BCUT2D eigenvalue weighted by atomic mass is 15.0. The summed E-state index contributed by atoms with van der Waals surface area (Å²) in [5.74, 6) is 1.73. The van der Waals surface area contributed by atoms with Gasteiger partial charge in [-0.05, 0) is 131 Å². The molecule has 11 aromatic rings. The summed E-state index contributed by atoms with van der Waals surface area (Å²) in [5.41, 5.74) is 19.5. The predicted molar refractivity (Wildman–Crippen MR) is 275 cm³/mol. The Balaban J connectivity index is 0.903. The Morgan fingerprint density at radius 1 is 0.250 bits per heavy atom. The van der Waals surface area contributed by atoms with Crippen molar-refractivity contribution < 1.29 is 0 Å². The van der Waals surface area contributed by atoms with Gasteiger partial charge in [0.15, 0.2) is 17.5 Å². The Morgan fingerprint density at radius 2 is 0.706 bits per heavy atom. The van der Waals surface area contributed by atoms with Crippen LogP contribution in [0.2, 0.25) is 0 Å². The lowest BCUT2D eigenvalue weighted by molar-refractivity contribution is 1.07. The van der Waals surface area contributed by atoms with E-state index in [1.165, 1.54) is 33.0 Å². The maximum Gasteiger partial charge on any atom is 0.164 e. The van der Waals surface area contributed by atoms with E-state index in [2.05, 4.69) is 158 Å². The molecule has 0 saturated carbocycles. The molecule has 5 heteroatoms. The van der Waals surface area contributed by atoms with Gasteiger partial charge in [-0.2, -0.15) is 10.5 Å². The molecule has 314 valence electrons.